The van der Waals surface area contributed by atoms with Crippen molar-refractivity contribution in [2.45, 2.75) is 84.5 Å². The van der Waals surface area contributed by atoms with E-state index in [4.69, 9.17) is 33.2 Å². The van der Waals surface area contributed by atoms with Crippen LogP contribution in [-0.2, 0) is 36.9 Å². The summed E-state index contributed by atoms with van der Waals surface area (Å²) in [5, 5.41) is 0. The first kappa shape index (κ1) is 29.8. The molecule has 7 atom stereocenters. The van der Waals surface area contributed by atoms with Crippen LogP contribution in [0.5, 0.6) is 11.5 Å². The fourth-order valence-electron chi connectivity index (χ4n) is 5.30. The van der Waals surface area contributed by atoms with Crippen molar-refractivity contribution in [1.82, 2.24) is 0 Å². The summed E-state index contributed by atoms with van der Waals surface area (Å²) in [5.74, 6) is 1.76. The first-order valence-corrected chi connectivity index (χ1v) is 14.1. The predicted octanol–water partition coefficient (Wildman–Crippen LogP) is 6.02. The van der Waals surface area contributed by atoms with Crippen molar-refractivity contribution in [3.63, 3.8) is 0 Å². The molecule has 0 aliphatic carbocycles. The summed E-state index contributed by atoms with van der Waals surface area (Å²) in [5.41, 5.74) is 2.21. The number of ether oxygens (including phenoxy) is 7. The summed E-state index contributed by atoms with van der Waals surface area (Å²) in [4.78, 5) is 0. The Labute approximate surface area is 234 Å². The Bertz CT molecular complexity index is 1000. The van der Waals surface area contributed by atoms with Gasteiger partial charge in [0.25, 0.3) is 0 Å². The number of epoxide rings is 1. The lowest BCUT2D eigenvalue weighted by Gasteiger charge is -2.50. The van der Waals surface area contributed by atoms with E-state index in [1.165, 1.54) is 0 Å². The molecular weight excluding hydrogens is 496 g/mol. The van der Waals surface area contributed by atoms with Crippen LogP contribution in [0.4, 0.5) is 0 Å². The van der Waals surface area contributed by atoms with Gasteiger partial charge in [-0.3, -0.25) is 0 Å². The van der Waals surface area contributed by atoms with Crippen LogP contribution >= 0.6 is 0 Å². The van der Waals surface area contributed by atoms with Crippen LogP contribution in [0.2, 0.25) is 0 Å². The van der Waals surface area contributed by atoms with Gasteiger partial charge < -0.3 is 33.2 Å². The third-order valence-electron chi connectivity index (χ3n) is 8.09. The topological polar surface area (TPSA) is 67.9 Å². The van der Waals surface area contributed by atoms with Crippen LogP contribution in [0.1, 0.15) is 52.2 Å². The maximum atomic E-state index is 6.67. The number of hydrogen-bond donors (Lipinski definition) is 0. The first-order chi connectivity index (χ1) is 18.7. The van der Waals surface area contributed by atoms with Gasteiger partial charge in [-0.05, 0) is 73.4 Å². The third-order valence-corrected chi connectivity index (χ3v) is 8.09. The first-order valence-electron chi connectivity index (χ1n) is 14.1. The average Bonchev–Trinajstić information content (AvgIpc) is 3.79. The number of benzene rings is 2. The molecule has 2 aromatic carbocycles. The van der Waals surface area contributed by atoms with Gasteiger partial charge in [0.2, 0.25) is 0 Å². The van der Waals surface area contributed by atoms with E-state index in [0.29, 0.717) is 31.8 Å². The SMILES string of the molecule is COc1ccc(COCC[C@@H](C)[C@@H]2OC(C)(C)O[C@H]([C@@H](C)[C@H](C)[C@H]3CO3)[C@H]2OCc2ccc(OC)cc2)cc1. The van der Waals surface area contributed by atoms with Crippen molar-refractivity contribution in [1.29, 1.82) is 0 Å². The van der Waals surface area contributed by atoms with Gasteiger partial charge in [0.05, 0.1) is 52.4 Å². The van der Waals surface area contributed by atoms with Gasteiger partial charge in [-0.1, -0.05) is 45.0 Å². The number of hydrogen-bond acceptors (Lipinski definition) is 7. The Kier molecular flexibility index (Phi) is 10.3. The lowest BCUT2D eigenvalue weighted by Crippen LogP contribution is -2.60. The van der Waals surface area contributed by atoms with Gasteiger partial charge in [-0.25, -0.2) is 0 Å². The summed E-state index contributed by atoms with van der Waals surface area (Å²) < 4.78 is 42.1. The molecule has 0 radical (unpaired) electrons. The minimum atomic E-state index is -0.716. The molecule has 0 amide bonds. The van der Waals surface area contributed by atoms with Crippen LogP contribution in [-0.4, -0.2) is 57.6 Å². The van der Waals surface area contributed by atoms with E-state index in [1.54, 1.807) is 14.2 Å². The van der Waals surface area contributed by atoms with Gasteiger partial charge in [0.1, 0.15) is 17.6 Å². The molecule has 0 aromatic heterocycles. The summed E-state index contributed by atoms with van der Waals surface area (Å²) >= 11 is 0. The molecule has 39 heavy (non-hydrogen) atoms. The van der Waals surface area contributed by atoms with Crippen LogP contribution in [0, 0.1) is 17.8 Å². The van der Waals surface area contributed by atoms with Gasteiger partial charge in [-0.15, -0.1) is 0 Å². The number of rotatable bonds is 14. The zero-order chi connectivity index (χ0) is 28.0. The van der Waals surface area contributed by atoms with Crippen LogP contribution < -0.4 is 9.47 Å². The van der Waals surface area contributed by atoms with E-state index < -0.39 is 5.79 Å². The molecule has 2 heterocycles. The second-order valence-corrected chi connectivity index (χ2v) is 11.4. The zero-order valence-corrected chi connectivity index (χ0v) is 24.6. The van der Waals surface area contributed by atoms with Gasteiger partial charge in [0, 0.05) is 6.61 Å². The molecule has 2 saturated heterocycles. The standard InChI is InChI=1S/C32H46O7/c1-21(16-17-35-18-24-8-12-26(33-6)13-9-24)29-31(37-19-25-10-14-27(34-7)15-11-25)30(39-32(4,5)38-29)23(3)22(2)28-20-36-28/h8-15,21-23,28-31H,16-20H2,1-7H3/t21-,22+,23+,28-,29+,30-,31+/m1/s1. The fraction of sp³-hybridized carbons (Fsp3) is 0.625. The van der Waals surface area contributed by atoms with E-state index in [0.717, 1.165) is 35.7 Å². The van der Waals surface area contributed by atoms with Crippen LogP contribution in [0.15, 0.2) is 48.5 Å². The zero-order valence-electron chi connectivity index (χ0n) is 24.6. The highest BCUT2D eigenvalue weighted by molar-refractivity contribution is 5.27. The van der Waals surface area contributed by atoms with E-state index in [9.17, 15) is 0 Å². The van der Waals surface area contributed by atoms with Gasteiger partial charge >= 0.3 is 0 Å². The van der Waals surface area contributed by atoms with Crippen molar-refractivity contribution < 1.29 is 33.2 Å². The van der Waals surface area contributed by atoms with E-state index >= 15 is 0 Å². The van der Waals surface area contributed by atoms with E-state index in [1.807, 2.05) is 62.4 Å². The molecule has 0 bridgehead atoms. The maximum absolute atomic E-state index is 6.67. The minimum Gasteiger partial charge on any atom is -0.497 e. The van der Waals surface area contributed by atoms with E-state index in [-0.39, 0.29) is 30.1 Å². The molecule has 2 fully saturated rings. The Balaban J connectivity index is 1.43. The molecule has 0 spiro atoms. The Morgan fingerprint density at radius 1 is 0.795 bits per heavy atom. The van der Waals surface area contributed by atoms with Crippen molar-refractivity contribution >= 4 is 0 Å². The monoisotopic (exact) mass is 542 g/mol. The van der Waals surface area contributed by atoms with Gasteiger partial charge in [0.15, 0.2) is 5.79 Å². The lowest BCUT2D eigenvalue weighted by atomic mass is 9.81. The summed E-state index contributed by atoms with van der Waals surface area (Å²) in [6, 6.07) is 16.0. The molecule has 2 aliphatic rings. The van der Waals surface area contributed by atoms with Crippen LogP contribution in [0.25, 0.3) is 0 Å². The van der Waals surface area contributed by atoms with Crippen molar-refractivity contribution in [2.24, 2.45) is 17.8 Å². The highest BCUT2D eigenvalue weighted by Gasteiger charge is 2.50. The minimum absolute atomic E-state index is 0.126. The number of methoxy groups -OCH3 is 2. The molecule has 7 nitrogen and oxygen atoms in total. The fourth-order valence-corrected chi connectivity index (χ4v) is 5.30. The molecule has 0 saturated carbocycles. The van der Waals surface area contributed by atoms with Crippen molar-refractivity contribution in [3.05, 3.63) is 59.7 Å². The van der Waals surface area contributed by atoms with E-state index in [2.05, 4.69) is 20.8 Å². The molecule has 216 valence electrons. The quantitative estimate of drug-likeness (QED) is 0.213. The smallest absolute Gasteiger partial charge is 0.163 e. The van der Waals surface area contributed by atoms with Crippen LogP contribution in [0.3, 0.4) is 0 Å². The molecule has 4 rings (SSSR count). The largest absolute Gasteiger partial charge is 0.497 e. The Morgan fingerprint density at radius 3 is 1.87 bits per heavy atom. The van der Waals surface area contributed by atoms with Crippen molar-refractivity contribution in [3.8, 4) is 11.5 Å². The molecule has 0 N–H and O–H groups in total. The molecule has 2 aliphatic heterocycles. The molecular formula is C32H46O7. The predicted molar refractivity (Wildman–Crippen MR) is 150 cm³/mol. The summed E-state index contributed by atoms with van der Waals surface area (Å²) in [7, 11) is 3.35. The Morgan fingerprint density at radius 2 is 1.33 bits per heavy atom. The normalized spacial score (nSPS) is 26.4. The molecule has 0 unspecified atom stereocenters. The highest BCUT2D eigenvalue weighted by atomic mass is 16.7. The third kappa shape index (κ3) is 8.18. The molecule has 2 aromatic rings. The van der Waals surface area contributed by atoms with Gasteiger partial charge in [-0.2, -0.15) is 0 Å². The lowest BCUT2D eigenvalue weighted by molar-refractivity contribution is -0.357. The second kappa shape index (κ2) is 13.5. The second-order valence-electron chi connectivity index (χ2n) is 11.4. The van der Waals surface area contributed by atoms with Crippen molar-refractivity contribution in [2.75, 3.05) is 27.4 Å². The summed E-state index contributed by atoms with van der Waals surface area (Å²) in [6.07, 6.45) is 0.643. The Hall–Kier alpha value is -2.16. The molecule has 7 heteroatoms. The maximum Gasteiger partial charge on any atom is 0.163 e. The highest BCUT2D eigenvalue weighted by Crippen LogP contribution is 2.40. The average molecular weight is 543 g/mol. The summed E-state index contributed by atoms with van der Waals surface area (Å²) in [6.45, 7) is 13.2.